The summed E-state index contributed by atoms with van der Waals surface area (Å²) in [6.45, 7) is 4.01. The zero-order valence-corrected chi connectivity index (χ0v) is 16.6. The van der Waals surface area contributed by atoms with Crippen LogP contribution in [0.15, 0.2) is 59.5 Å². The van der Waals surface area contributed by atoms with Gasteiger partial charge >= 0.3 is 0 Å². The highest BCUT2D eigenvalue weighted by atomic mass is 16.5. The van der Waals surface area contributed by atoms with E-state index in [9.17, 15) is 9.90 Å². The first-order valence-electron chi connectivity index (χ1n) is 9.90. The van der Waals surface area contributed by atoms with E-state index in [4.69, 9.17) is 9.47 Å². The quantitative estimate of drug-likeness (QED) is 0.695. The van der Waals surface area contributed by atoms with Crippen molar-refractivity contribution in [2.45, 2.75) is 6.10 Å². The molecule has 0 saturated carbocycles. The molecule has 6 nitrogen and oxygen atoms in total. The zero-order valence-electron chi connectivity index (χ0n) is 16.6. The number of aromatic nitrogens is 1. The van der Waals surface area contributed by atoms with E-state index >= 15 is 0 Å². The number of pyridine rings is 1. The predicted octanol–water partition coefficient (Wildman–Crippen LogP) is 2.28. The molecule has 0 radical (unpaired) electrons. The highest BCUT2D eigenvalue weighted by Crippen LogP contribution is 2.26. The number of benzene rings is 2. The van der Waals surface area contributed by atoms with Gasteiger partial charge in [0.15, 0.2) is 0 Å². The molecular formula is C23H26N2O4. The Bertz CT molecular complexity index is 1040. The third kappa shape index (κ3) is 4.85. The summed E-state index contributed by atoms with van der Waals surface area (Å²) in [6.07, 6.45) is 1.31. The Morgan fingerprint density at radius 1 is 1.03 bits per heavy atom. The molecule has 6 heteroatoms. The molecular weight excluding hydrogens is 368 g/mol. The van der Waals surface area contributed by atoms with Gasteiger partial charge in [-0.1, -0.05) is 18.2 Å². The monoisotopic (exact) mass is 394 g/mol. The Morgan fingerprint density at radius 2 is 1.76 bits per heavy atom. The van der Waals surface area contributed by atoms with Crippen LogP contribution in [0.1, 0.15) is 0 Å². The van der Waals surface area contributed by atoms with Crippen LogP contribution in [0, 0.1) is 0 Å². The first-order chi connectivity index (χ1) is 14.1. The molecule has 4 rings (SSSR count). The lowest BCUT2D eigenvalue weighted by molar-refractivity contribution is 0.00467. The number of β-amino-alcohol motifs (C(OH)–C–C–N with tert-alkyl or cyclic N) is 1. The number of morpholine rings is 1. The highest BCUT2D eigenvalue weighted by molar-refractivity contribution is 5.88. The fourth-order valence-electron chi connectivity index (χ4n) is 3.58. The number of fused-ring (bicyclic) bond motifs is 1. The summed E-state index contributed by atoms with van der Waals surface area (Å²) < 4.78 is 12.7. The second-order valence-electron chi connectivity index (χ2n) is 7.47. The van der Waals surface area contributed by atoms with Crippen molar-refractivity contribution in [3.63, 3.8) is 0 Å². The summed E-state index contributed by atoms with van der Waals surface area (Å²) in [6, 6.07) is 15.5. The normalized spacial score (nSPS) is 16.1. The molecule has 1 fully saturated rings. The maximum absolute atomic E-state index is 11.6. The molecule has 2 aromatic carbocycles. The molecule has 1 aliphatic heterocycles. The summed E-state index contributed by atoms with van der Waals surface area (Å²) in [5.74, 6) is 0.744. The molecule has 1 unspecified atom stereocenters. The van der Waals surface area contributed by atoms with Crippen LogP contribution in [-0.4, -0.2) is 60.1 Å². The lowest BCUT2D eigenvalue weighted by Gasteiger charge is -2.28. The zero-order chi connectivity index (χ0) is 20.2. The summed E-state index contributed by atoms with van der Waals surface area (Å²) in [5, 5.41) is 12.4. The van der Waals surface area contributed by atoms with Gasteiger partial charge in [-0.2, -0.15) is 0 Å². The second-order valence-corrected chi connectivity index (χ2v) is 7.47. The first-order valence-corrected chi connectivity index (χ1v) is 9.90. The third-order valence-electron chi connectivity index (χ3n) is 5.25. The molecule has 0 amide bonds. The molecule has 1 aliphatic rings. The summed E-state index contributed by atoms with van der Waals surface area (Å²) in [7, 11) is 1.75. The van der Waals surface area contributed by atoms with Crippen molar-refractivity contribution >= 4 is 10.8 Å². The van der Waals surface area contributed by atoms with Gasteiger partial charge in [0, 0.05) is 38.9 Å². The number of rotatable bonds is 6. The van der Waals surface area contributed by atoms with Crippen LogP contribution in [0.5, 0.6) is 5.75 Å². The minimum atomic E-state index is -0.532. The molecule has 1 atom stereocenters. The number of aliphatic hydroxyl groups excluding tert-OH is 1. The van der Waals surface area contributed by atoms with Crippen LogP contribution in [0.25, 0.3) is 21.9 Å². The van der Waals surface area contributed by atoms with E-state index in [2.05, 4.69) is 11.0 Å². The van der Waals surface area contributed by atoms with Crippen molar-refractivity contribution in [3.8, 4) is 16.9 Å². The van der Waals surface area contributed by atoms with Gasteiger partial charge in [-0.3, -0.25) is 9.69 Å². The molecule has 0 spiro atoms. The van der Waals surface area contributed by atoms with Crippen LogP contribution in [0.4, 0.5) is 0 Å². The molecule has 152 valence electrons. The van der Waals surface area contributed by atoms with Gasteiger partial charge in [-0.05, 0) is 46.2 Å². The molecule has 1 saturated heterocycles. The summed E-state index contributed by atoms with van der Waals surface area (Å²) in [4.78, 5) is 13.8. The predicted molar refractivity (Wildman–Crippen MR) is 113 cm³/mol. The Balaban J connectivity index is 1.42. The van der Waals surface area contributed by atoms with E-state index in [0.717, 1.165) is 54.0 Å². The van der Waals surface area contributed by atoms with E-state index < -0.39 is 6.10 Å². The standard InChI is InChI=1S/C23H26N2O4/c1-24-14-20(5-7-23(24)27)18-2-3-19-13-22(6-4-17(19)12-18)29-16-21(26)15-25-8-10-28-11-9-25/h2-7,12-14,21,26H,8-11,15-16H2,1H3. The van der Waals surface area contributed by atoms with E-state index in [1.807, 2.05) is 42.6 Å². The van der Waals surface area contributed by atoms with Crippen LogP contribution >= 0.6 is 0 Å². The van der Waals surface area contributed by atoms with Crippen LogP contribution < -0.4 is 10.3 Å². The molecule has 2 heterocycles. The highest BCUT2D eigenvalue weighted by Gasteiger charge is 2.15. The summed E-state index contributed by atoms with van der Waals surface area (Å²) in [5.41, 5.74) is 2.04. The molecule has 3 aromatic rings. The molecule has 1 aromatic heterocycles. The minimum absolute atomic E-state index is 0.0212. The van der Waals surface area contributed by atoms with Crippen LogP contribution in [0.2, 0.25) is 0 Å². The SMILES string of the molecule is Cn1cc(-c2ccc3cc(OCC(O)CN4CCOCC4)ccc3c2)ccc1=O. The third-order valence-corrected chi connectivity index (χ3v) is 5.25. The minimum Gasteiger partial charge on any atom is -0.491 e. The topological polar surface area (TPSA) is 63.9 Å². The molecule has 1 N–H and O–H groups in total. The van der Waals surface area contributed by atoms with Crippen LogP contribution in [-0.2, 0) is 11.8 Å². The van der Waals surface area contributed by atoms with Gasteiger partial charge in [0.1, 0.15) is 18.5 Å². The maximum atomic E-state index is 11.6. The smallest absolute Gasteiger partial charge is 0.250 e. The van der Waals surface area contributed by atoms with Gasteiger partial charge < -0.3 is 19.1 Å². The number of aliphatic hydroxyl groups is 1. The van der Waals surface area contributed by atoms with Crippen molar-refractivity contribution in [2.75, 3.05) is 39.5 Å². The lowest BCUT2D eigenvalue weighted by Crippen LogP contribution is -2.42. The van der Waals surface area contributed by atoms with Crippen molar-refractivity contribution < 1.29 is 14.6 Å². The van der Waals surface area contributed by atoms with Gasteiger partial charge in [0.2, 0.25) is 5.56 Å². The summed E-state index contributed by atoms with van der Waals surface area (Å²) >= 11 is 0. The van der Waals surface area contributed by atoms with Crippen molar-refractivity contribution in [1.82, 2.24) is 9.47 Å². The van der Waals surface area contributed by atoms with E-state index in [1.54, 1.807) is 17.7 Å². The van der Waals surface area contributed by atoms with Gasteiger partial charge in [0.05, 0.1) is 13.2 Å². The molecule has 29 heavy (non-hydrogen) atoms. The Hall–Kier alpha value is -2.67. The van der Waals surface area contributed by atoms with Crippen molar-refractivity contribution in [2.24, 2.45) is 7.05 Å². The van der Waals surface area contributed by atoms with Gasteiger partial charge in [-0.15, -0.1) is 0 Å². The fraction of sp³-hybridized carbons (Fsp3) is 0.348. The number of ether oxygens (including phenoxy) is 2. The fourth-order valence-corrected chi connectivity index (χ4v) is 3.58. The second kappa shape index (κ2) is 8.78. The average molecular weight is 394 g/mol. The van der Waals surface area contributed by atoms with Crippen LogP contribution in [0.3, 0.4) is 0 Å². The van der Waals surface area contributed by atoms with E-state index in [-0.39, 0.29) is 12.2 Å². The van der Waals surface area contributed by atoms with Crippen molar-refractivity contribution in [3.05, 3.63) is 65.1 Å². The number of hydrogen-bond donors (Lipinski definition) is 1. The molecule has 0 aliphatic carbocycles. The lowest BCUT2D eigenvalue weighted by atomic mass is 10.0. The van der Waals surface area contributed by atoms with E-state index in [0.29, 0.717) is 6.54 Å². The Morgan fingerprint density at radius 3 is 2.55 bits per heavy atom. The number of hydrogen-bond acceptors (Lipinski definition) is 5. The van der Waals surface area contributed by atoms with Gasteiger partial charge in [-0.25, -0.2) is 0 Å². The Kier molecular flexibility index (Phi) is 5.94. The van der Waals surface area contributed by atoms with Crippen molar-refractivity contribution in [1.29, 1.82) is 0 Å². The molecule has 0 bridgehead atoms. The Labute approximate surface area is 169 Å². The maximum Gasteiger partial charge on any atom is 0.250 e. The number of aryl methyl sites for hydroxylation is 1. The van der Waals surface area contributed by atoms with E-state index in [1.165, 1.54) is 0 Å². The number of nitrogens with zero attached hydrogens (tertiary/aromatic N) is 2. The van der Waals surface area contributed by atoms with Gasteiger partial charge in [0.25, 0.3) is 0 Å². The largest absolute Gasteiger partial charge is 0.491 e. The first kappa shape index (κ1) is 19.6. The average Bonchev–Trinajstić information content (AvgIpc) is 2.74.